The van der Waals surface area contributed by atoms with Crippen LogP contribution < -0.4 is 60.2 Å². The normalized spacial score (nSPS) is 24.3. The number of hydrogen-bond donors (Lipinski definition) is 12. The second-order valence-corrected chi connectivity index (χ2v) is 20.0. The number of aromatic hydroxyl groups is 1. The van der Waals surface area contributed by atoms with E-state index in [0.29, 0.717) is 18.4 Å². The number of likely N-dealkylation sites (tertiary alicyclic amines) is 1. The van der Waals surface area contributed by atoms with Crippen LogP contribution >= 0.6 is 21.6 Å². The SMILES string of the molecule is CC[C@H](C)[C@@H]1NC(=O)[C@H](Cc2ccc(O)cc2)NC(=O)[C@@H](N)CSSC[C@@H](C(=O)N2CCC[C@H]2C(=O)N[C@@H](CC(C)C)C(=O)NCC(N)=O)NC(=O)[C@@H](CC(N)=O)NC(=O)[C@H](CCC(N)=O)NC1=O. The topological polar surface area (TPSA) is 400 Å². The summed E-state index contributed by atoms with van der Waals surface area (Å²) >= 11 is 0. The van der Waals surface area contributed by atoms with E-state index in [9.17, 15) is 57.8 Å². The molecule has 69 heavy (non-hydrogen) atoms. The fourth-order valence-electron chi connectivity index (χ4n) is 7.34. The number of hydrogen-bond acceptors (Lipinski definition) is 15. The van der Waals surface area contributed by atoms with Gasteiger partial charge in [0.25, 0.3) is 0 Å². The van der Waals surface area contributed by atoms with Gasteiger partial charge in [-0.1, -0.05) is 67.8 Å². The minimum atomic E-state index is -1.75. The molecule has 16 N–H and O–H groups in total. The summed E-state index contributed by atoms with van der Waals surface area (Å²) < 4.78 is 0. The average Bonchev–Trinajstić information content (AvgIpc) is 3.78. The Balaban J connectivity index is 2.05. The maximum absolute atomic E-state index is 14.5. The molecule has 0 bridgehead atoms. The summed E-state index contributed by atoms with van der Waals surface area (Å²) in [6.07, 6.45) is -0.694. The molecule has 11 amide bonds. The number of nitrogens with zero attached hydrogens (tertiary/aromatic N) is 1. The van der Waals surface area contributed by atoms with Gasteiger partial charge in [0.2, 0.25) is 65.0 Å². The second-order valence-electron chi connectivity index (χ2n) is 17.4. The Morgan fingerprint density at radius 1 is 0.783 bits per heavy atom. The molecule has 24 nitrogen and oxygen atoms in total. The summed E-state index contributed by atoms with van der Waals surface area (Å²) in [6.45, 7) is 6.60. The molecule has 2 heterocycles. The van der Waals surface area contributed by atoms with Gasteiger partial charge in [0, 0.05) is 30.9 Å². The number of primary amides is 3. The zero-order valence-corrected chi connectivity index (χ0v) is 40.7. The number of phenols is 1. The van der Waals surface area contributed by atoms with E-state index < -0.39 is 145 Å². The highest BCUT2D eigenvalue weighted by atomic mass is 33.1. The number of rotatable bonds is 17. The molecule has 1 aromatic rings. The minimum absolute atomic E-state index is 0.0468. The molecule has 0 saturated carbocycles. The lowest BCUT2D eigenvalue weighted by atomic mass is 9.96. The molecule has 2 aliphatic heterocycles. The Labute approximate surface area is 407 Å². The summed E-state index contributed by atoms with van der Waals surface area (Å²) in [5.41, 5.74) is 22.9. The quantitative estimate of drug-likeness (QED) is 0.0671. The van der Waals surface area contributed by atoms with Crippen LogP contribution in [0.3, 0.4) is 0 Å². The summed E-state index contributed by atoms with van der Waals surface area (Å²) in [4.78, 5) is 148. The minimum Gasteiger partial charge on any atom is -0.508 e. The number of nitrogens with one attached hydrogen (secondary N) is 7. The molecule has 0 aromatic heterocycles. The van der Waals surface area contributed by atoms with Crippen molar-refractivity contribution in [1.82, 2.24) is 42.1 Å². The van der Waals surface area contributed by atoms with Gasteiger partial charge in [-0.25, -0.2) is 0 Å². The third-order valence-corrected chi connectivity index (χ3v) is 13.7. The Kier molecular flexibility index (Phi) is 23.0. The van der Waals surface area contributed by atoms with Crippen molar-refractivity contribution in [3.8, 4) is 5.75 Å². The summed E-state index contributed by atoms with van der Waals surface area (Å²) in [5, 5.41) is 27.7. The lowest BCUT2D eigenvalue weighted by molar-refractivity contribution is -0.142. The molecule has 0 aliphatic carbocycles. The second kappa shape index (κ2) is 27.7. The van der Waals surface area contributed by atoms with Crippen LogP contribution in [-0.4, -0.2) is 148 Å². The highest BCUT2D eigenvalue weighted by molar-refractivity contribution is 8.76. The number of nitrogens with two attached hydrogens (primary N) is 4. The van der Waals surface area contributed by atoms with Crippen LogP contribution in [0.4, 0.5) is 0 Å². The maximum Gasteiger partial charge on any atom is 0.246 e. The largest absolute Gasteiger partial charge is 0.508 e. The molecule has 2 aliphatic rings. The Morgan fingerprint density at radius 3 is 2.00 bits per heavy atom. The standard InChI is InChI=1S/C43H66N12O12S2/c1-5-22(4)35-42(66)49-26(12-13-32(45)57)38(62)51-29(17-33(46)58)39(63)53-30(20-69-68-19-25(44)36(60)50-28(40(64)54-35)16-23-8-10-24(56)11-9-23)43(67)55-14-6-7-31(55)41(65)52-27(15-21(2)3)37(61)48-18-34(47)59/h8-11,21-22,25-31,35,56H,5-7,12-20,44H2,1-4H3,(H2,45,57)(H2,46,58)(H2,47,59)(H,48,61)(H,49,66)(H,50,60)(H,51,62)(H,52,65)(H,53,63)(H,54,64)/t22-,25-,26-,27-,28-,29+,30-,31-,35-/m0/s1. The molecular formula is C43H66N12O12S2. The van der Waals surface area contributed by atoms with Crippen molar-refractivity contribution in [3.63, 3.8) is 0 Å². The van der Waals surface area contributed by atoms with Crippen LogP contribution in [0.5, 0.6) is 5.75 Å². The van der Waals surface area contributed by atoms with Crippen LogP contribution in [0, 0.1) is 11.8 Å². The molecule has 3 rings (SSSR count). The fraction of sp³-hybridized carbons (Fsp3) is 0.605. The van der Waals surface area contributed by atoms with Crippen LogP contribution in [0.15, 0.2) is 24.3 Å². The predicted molar refractivity (Wildman–Crippen MR) is 254 cm³/mol. The van der Waals surface area contributed by atoms with E-state index in [1.54, 1.807) is 13.8 Å². The summed E-state index contributed by atoms with van der Waals surface area (Å²) in [6, 6.07) is -5.05. The molecule has 382 valence electrons. The van der Waals surface area contributed by atoms with E-state index in [4.69, 9.17) is 22.9 Å². The van der Waals surface area contributed by atoms with Gasteiger partial charge in [0.15, 0.2) is 0 Å². The van der Waals surface area contributed by atoms with Crippen LogP contribution in [0.1, 0.15) is 78.2 Å². The Morgan fingerprint density at radius 2 is 1.39 bits per heavy atom. The number of carbonyl (C=O) groups excluding carboxylic acids is 11. The molecule has 2 fully saturated rings. The van der Waals surface area contributed by atoms with E-state index in [-0.39, 0.29) is 49.0 Å². The zero-order valence-electron chi connectivity index (χ0n) is 39.1. The first kappa shape index (κ1) is 57.2. The number of amides is 11. The molecule has 9 atom stereocenters. The third kappa shape index (κ3) is 18.7. The van der Waals surface area contributed by atoms with Gasteiger partial charge in [-0.05, 0) is 55.2 Å². The van der Waals surface area contributed by atoms with E-state index in [1.807, 2.05) is 13.8 Å². The highest BCUT2D eigenvalue weighted by Crippen LogP contribution is 2.26. The number of carbonyl (C=O) groups is 11. The van der Waals surface area contributed by atoms with Crippen molar-refractivity contribution in [2.45, 2.75) is 127 Å². The van der Waals surface area contributed by atoms with Crippen molar-refractivity contribution >= 4 is 86.6 Å². The van der Waals surface area contributed by atoms with Crippen molar-refractivity contribution in [3.05, 3.63) is 29.8 Å². The van der Waals surface area contributed by atoms with E-state index in [1.165, 1.54) is 29.2 Å². The van der Waals surface area contributed by atoms with Crippen LogP contribution in [0.25, 0.3) is 0 Å². The van der Waals surface area contributed by atoms with Gasteiger partial charge in [0.1, 0.15) is 48.0 Å². The maximum atomic E-state index is 14.5. The summed E-state index contributed by atoms with van der Waals surface area (Å²) in [5.74, 6) is -10.4. The molecule has 0 spiro atoms. The lowest BCUT2D eigenvalue weighted by Gasteiger charge is -2.31. The van der Waals surface area contributed by atoms with Gasteiger partial charge < -0.3 is 70.2 Å². The molecule has 26 heteroatoms. The average molecular weight is 1010 g/mol. The smallest absolute Gasteiger partial charge is 0.246 e. The first-order valence-corrected chi connectivity index (χ1v) is 25.0. The van der Waals surface area contributed by atoms with Crippen molar-refractivity contribution < 1.29 is 57.8 Å². The predicted octanol–water partition coefficient (Wildman–Crippen LogP) is -3.61. The van der Waals surface area contributed by atoms with E-state index in [2.05, 4.69) is 37.2 Å². The van der Waals surface area contributed by atoms with Gasteiger partial charge >= 0.3 is 0 Å². The Hall–Kier alpha value is -6.15. The monoisotopic (exact) mass is 1010 g/mol. The van der Waals surface area contributed by atoms with Crippen LogP contribution in [-0.2, 0) is 59.2 Å². The summed E-state index contributed by atoms with van der Waals surface area (Å²) in [7, 11) is 2.05. The first-order valence-electron chi connectivity index (χ1n) is 22.5. The highest BCUT2D eigenvalue weighted by Gasteiger charge is 2.41. The molecular weight excluding hydrogens is 941 g/mol. The number of phenolic OH excluding ortho intramolecular Hbond substituents is 1. The van der Waals surface area contributed by atoms with Gasteiger partial charge in [-0.2, -0.15) is 0 Å². The molecule has 0 radical (unpaired) electrons. The molecule has 1 aromatic carbocycles. The van der Waals surface area contributed by atoms with Gasteiger partial charge in [0.05, 0.1) is 19.0 Å². The third-order valence-electron chi connectivity index (χ3n) is 11.3. The lowest BCUT2D eigenvalue weighted by Crippen LogP contribution is -2.61. The first-order chi connectivity index (χ1) is 32.5. The van der Waals surface area contributed by atoms with Gasteiger partial charge in [-0.3, -0.25) is 52.7 Å². The van der Waals surface area contributed by atoms with E-state index >= 15 is 0 Å². The number of benzene rings is 1. The Bertz CT molecular complexity index is 2050. The van der Waals surface area contributed by atoms with Gasteiger partial charge in [-0.15, -0.1) is 0 Å². The van der Waals surface area contributed by atoms with Crippen molar-refractivity contribution in [2.24, 2.45) is 34.8 Å². The van der Waals surface area contributed by atoms with E-state index in [0.717, 1.165) is 21.6 Å². The molecule has 0 unspecified atom stereocenters. The van der Waals surface area contributed by atoms with Crippen molar-refractivity contribution in [1.29, 1.82) is 0 Å². The fourth-order valence-corrected chi connectivity index (χ4v) is 9.62. The van der Waals surface area contributed by atoms with Crippen LogP contribution in [0.2, 0.25) is 0 Å². The van der Waals surface area contributed by atoms with Crippen molar-refractivity contribution in [2.75, 3.05) is 24.6 Å². The molecule has 2 saturated heterocycles. The zero-order chi connectivity index (χ0) is 51.5.